The maximum absolute atomic E-state index is 13.6. The summed E-state index contributed by atoms with van der Waals surface area (Å²) in [6.45, 7) is 9.17. The van der Waals surface area contributed by atoms with Crippen molar-refractivity contribution < 1.29 is 9.18 Å². The second kappa shape index (κ2) is 10.4. The van der Waals surface area contributed by atoms with Gasteiger partial charge in [0.05, 0.1) is 16.6 Å². The molecule has 7 heteroatoms. The van der Waals surface area contributed by atoms with E-state index in [9.17, 15) is 14.0 Å². The van der Waals surface area contributed by atoms with Gasteiger partial charge in [-0.25, -0.2) is 9.37 Å². The number of aryl methyl sites for hydroxylation is 2. The summed E-state index contributed by atoms with van der Waals surface area (Å²) in [5.41, 5.74) is 4.72. The first kappa shape index (κ1) is 24.7. The predicted molar refractivity (Wildman–Crippen MR) is 140 cm³/mol. The lowest BCUT2D eigenvalue weighted by Crippen LogP contribution is -2.30. The van der Waals surface area contributed by atoms with Gasteiger partial charge in [-0.2, -0.15) is 0 Å². The van der Waals surface area contributed by atoms with Crippen molar-refractivity contribution >= 4 is 28.6 Å². The molecule has 5 nitrogen and oxygen atoms in total. The van der Waals surface area contributed by atoms with Gasteiger partial charge in [0.25, 0.3) is 11.5 Å². The average Bonchev–Trinajstić information content (AvgIpc) is 2.86. The van der Waals surface area contributed by atoms with E-state index in [-0.39, 0.29) is 17.3 Å². The SMILES string of the molecule is CCN(CC)C(=O)c1ccc2c(=O)n(-c3ccc(F)cc3)c(SCc3cc(C)ccc3C)nc2c1. The third-order valence-electron chi connectivity index (χ3n) is 6.08. The van der Waals surface area contributed by atoms with Gasteiger partial charge in [0.2, 0.25) is 0 Å². The second-order valence-corrected chi connectivity index (χ2v) is 9.38. The van der Waals surface area contributed by atoms with Crippen molar-refractivity contribution in [3.63, 3.8) is 0 Å². The zero-order chi connectivity index (χ0) is 25.1. The van der Waals surface area contributed by atoms with Gasteiger partial charge >= 0.3 is 0 Å². The van der Waals surface area contributed by atoms with Gasteiger partial charge in [-0.1, -0.05) is 35.5 Å². The van der Waals surface area contributed by atoms with Crippen molar-refractivity contribution in [1.82, 2.24) is 14.5 Å². The number of amides is 1. The highest BCUT2D eigenvalue weighted by atomic mass is 32.2. The fraction of sp³-hybridized carbons (Fsp3) is 0.250. The number of hydrogen-bond donors (Lipinski definition) is 0. The van der Waals surface area contributed by atoms with Gasteiger partial charge in [-0.15, -0.1) is 0 Å². The number of fused-ring (bicyclic) bond motifs is 1. The Hall–Kier alpha value is -3.45. The van der Waals surface area contributed by atoms with Crippen molar-refractivity contribution in [2.45, 2.75) is 38.6 Å². The van der Waals surface area contributed by atoms with Gasteiger partial charge in [0.15, 0.2) is 5.16 Å². The minimum Gasteiger partial charge on any atom is -0.339 e. The Labute approximate surface area is 208 Å². The minimum absolute atomic E-state index is 0.0917. The molecule has 0 aliphatic carbocycles. The number of thioether (sulfide) groups is 1. The van der Waals surface area contributed by atoms with Gasteiger partial charge in [0.1, 0.15) is 5.82 Å². The number of rotatable bonds is 7. The van der Waals surface area contributed by atoms with Crippen molar-refractivity contribution in [3.8, 4) is 5.69 Å². The highest BCUT2D eigenvalue weighted by Crippen LogP contribution is 2.27. The summed E-state index contributed by atoms with van der Waals surface area (Å²) in [4.78, 5) is 33.1. The lowest BCUT2D eigenvalue weighted by atomic mass is 10.1. The molecule has 0 radical (unpaired) electrons. The molecule has 0 unspecified atom stereocenters. The molecule has 3 aromatic carbocycles. The fourth-order valence-corrected chi connectivity index (χ4v) is 5.08. The molecular formula is C28H28FN3O2S. The maximum atomic E-state index is 13.6. The molecule has 0 fully saturated rings. The van der Waals surface area contributed by atoms with Crippen LogP contribution in [0, 0.1) is 19.7 Å². The maximum Gasteiger partial charge on any atom is 0.266 e. The molecule has 35 heavy (non-hydrogen) atoms. The van der Waals surface area contributed by atoms with Gasteiger partial charge in [-0.3, -0.25) is 14.2 Å². The predicted octanol–water partition coefficient (Wildman–Crippen LogP) is 5.92. The first-order chi connectivity index (χ1) is 16.8. The van der Waals surface area contributed by atoms with Crippen LogP contribution in [0.3, 0.4) is 0 Å². The molecule has 1 heterocycles. The van der Waals surface area contributed by atoms with Crippen LogP contribution in [0.1, 0.15) is 40.9 Å². The summed E-state index contributed by atoms with van der Waals surface area (Å²) in [5.74, 6) is 0.149. The van der Waals surface area contributed by atoms with E-state index < -0.39 is 0 Å². The Kier molecular flexibility index (Phi) is 7.36. The Balaban J connectivity index is 1.85. The second-order valence-electron chi connectivity index (χ2n) is 8.44. The molecule has 1 aromatic heterocycles. The minimum atomic E-state index is -0.375. The van der Waals surface area contributed by atoms with Crippen LogP contribution < -0.4 is 5.56 Å². The highest BCUT2D eigenvalue weighted by molar-refractivity contribution is 7.98. The average molecular weight is 490 g/mol. The van der Waals surface area contributed by atoms with E-state index >= 15 is 0 Å². The molecule has 0 N–H and O–H groups in total. The lowest BCUT2D eigenvalue weighted by molar-refractivity contribution is 0.0773. The van der Waals surface area contributed by atoms with E-state index in [0.29, 0.717) is 46.2 Å². The summed E-state index contributed by atoms with van der Waals surface area (Å²) in [6.07, 6.45) is 0. The topological polar surface area (TPSA) is 55.2 Å². The standard InChI is InChI=1S/C28H28FN3O2S/c1-5-31(6-2)26(33)20-9-14-24-25(16-20)30-28(35-17-21-15-18(3)7-8-19(21)4)32(27(24)34)23-12-10-22(29)11-13-23/h7-16H,5-6,17H2,1-4H3. The number of halogens is 1. The Bertz CT molecular complexity index is 1440. The number of carbonyl (C=O) groups excluding carboxylic acids is 1. The Morgan fingerprint density at radius 2 is 1.71 bits per heavy atom. The molecule has 1 amide bonds. The molecule has 0 saturated heterocycles. The van der Waals surface area contributed by atoms with E-state index in [1.54, 1.807) is 35.2 Å². The summed E-state index contributed by atoms with van der Waals surface area (Å²) >= 11 is 1.44. The van der Waals surface area contributed by atoms with Crippen molar-refractivity contribution in [3.05, 3.63) is 99.1 Å². The first-order valence-corrected chi connectivity index (χ1v) is 12.6. The first-order valence-electron chi connectivity index (χ1n) is 11.6. The van der Waals surface area contributed by atoms with Crippen LogP contribution in [0.2, 0.25) is 0 Å². The van der Waals surface area contributed by atoms with Crippen LogP contribution in [0.5, 0.6) is 0 Å². The smallest absolute Gasteiger partial charge is 0.266 e. The molecule has 0 atom stereocenters. The van der Waals surface area contributed by atoms with E-state index in [0.717, 1.165) is 16.7 Å². The van der Waals surface area contributed by atoms with Crippen LogP contribution in [0.25, 0.3) is 16.6 Å². The van der Waals surface area contributed by atoms with Crippen LogP contribution in [-0.4, -0.2) is 33.4 Å². The lowest BCUT2D eigenvalue weighted by Gasteiger charge is -2.19. The molecule has 4 aromatic rings. The van der Waals surface area contributed by atoms with E-state index in [1.807, 2.05) is 20.8 Å². The molecular weight excluding hydrogens is 461 g/mol. The molecule has 0 aliphatic heterocycles. The van der Waals surface area contributed by atoms with Crippen molar-refractivity contribution in [1.29, 1.82) is 0 Å². The van der Waals surface area contributed by atoms with Crippen LogP contribution >= 0.6 is 11.8 Å². The Morgan fingerprint density at radius 3 is 2.40 bits per heavy atom. The van der Waals surface area contributed by atoms with Crippen LogP contribution in [-0.2, 0) is 5.75 Å². The van der Waals surface area contributed by atoms with Gasteiger partial charge in [-0.05, 0) is 81.3 Å². The van der Waals surface area contributed by atoms with Crippen molar-refractivity contribution in [2.24, 2.45) is 0 Å². The number of nitrogens with zero attached hydrogens (tertiary/aromatic N) is 3. The van der Waals surface area contributed by atoms with Gasteiger partial charge < -0.3 is 4.90 Å². The summed E-state index contributed by atoms with van der Waals surface area (Å²) in [7, 11) is 0. The number of aromatic nitrogens is 2. The van der Waals surface area contributed by atoms with E-state index in [4.69, 9.17) is 4.98 Å². The molecule has 180 valence electrons. The van der Waals surface area contributed by atoms with Crippen molar-refractivity contribution in [2.75, 3.05) is 13.1 Å². The number of benzene rings is 3. The molecule has 0 aliphatic rings. The normalized spacial score (nSPS) is 11.1. The zero-order valence-electron chi connectivity index (χ0n) is 20.3. The summed E-state index contributed by atoms with van der Waals surface area (Å²) in [5, 5.41) is 0.893. The number of carbonyl (C=O) groups is 1. The largest absolute Gasteiger partial charge is 0.339 e. The van der Waals surface area contributed by atoms with E-state index in [2.05, 4.69) is 25.1 Å². The monoisotopic (exact) mass is 489 g/mol. The molecule has 0 saturated carbocycles. The quantitative estimate of drug-likeness (QED) is 0.239. The van der Waals surface area contributed by atoms with Gasteiger partial charge in [0, 0.05) is 24.4 Å². The number of hydrogen-bond acceptors (Lipinski definition) is 4. The van der Waals surface area contributed by atoms with Crippen LogP contribution in [0.4, 0.5) is 4.39 Å². The highest BCUT2D eigenvalue weighted by Gasteiger charge is 2.18. The zero-order valence-corrected chi connectivity index (χ0v) is 21.2. The summed E-state index contributed by atoms with van der Waals surface area (Å²) in [6, 6.07) is 17.1. The van der Waals surface area contributed by atoms with Crippen LogP contribution in [0.15, 0.2) is 70.6 Å². The molecule has 0 spiro atoms. The molecule has 4 rings (SSSR count). The third-order valence-corrected chi connectivity index (χ3v) is 7.07. The Morgan fingerprint density at radius 1 is 1.00 bits per heavy atom. The fourth-order valence-electron chi connectivity index (χ4n) is 4.00. The van der Waals surface area contributed by atoms with E-state index in [1.165, 1.54) is 28.5 Å². The molecule has 0 bridgehead atoms. The summed E-state index contributed by atoms with van der Waals surface area (Å²) < 4.78 is 15.1. The third kappa shape index (κ3) is 5.15.